The van der Waals surface area contributed by atoms with Crippen molar-refractivity contribution in [3.05, 3.63) is 12.0 Å². The fraction of sp³-hybridized carbons (Fsp3) is 0.769. The van der Waals surface area contributed by atoms with Crippen molar-refractivity contribution in [3.63, 3.8) is 0 Å². The first kappa shape index (κ1) is 11.1. The van der Waals surface area contributed by atoms with Gasteiger partial charge in [0.25, 0.3) is 6.01 Å². The van der Waals surface area contributed by atoms with Gasteiger partial charge in [-0.05, 0) is 39.5 Å². The maximum Gasteiger partial charge on any atom is 0.297 e. The maximum atomic E-state index is 5.61. The van der Waals surface area contributed by atoms with Gasteiger partial charge in [0, 0.05) is 24.7 Å². The van der Waals surface area contributed by atoms with Crippen LogP contribution in [0.1, 0.15) is 45.2 Å². The van der Waals surface area contributed by atoms with Crippen LogP contribution in [-0.4, -0.2) is 23.1 Å². The first-order valence-corrected chi connectivity index (χ1v) is 6.60. The lowest BCUT2D eigenvalue weighted by molar-refractivity contribution is 0.458. The van der Waals surface area contributed by atoms with Gasteiger partial charge in [0.1, 0.15) is 6.26 Å². The van der Waals surface area contributed by atoms with Crippen LogP contribution in [0.4, 0.5) is 6.01 Å². The van der Waals surface area contributed by atoms with Crippen molar-refractivity contribution in [3.8, 4) is 0 Å². The highest BCUT2D eigenvalue weighted by Crippen LogP contribution is 2.32. The molecule has 0 aromatic carbocycles. The Morgan fingerprint density at radius 1 is 1.53 bits per heavy atom. The zero-order valence-electron chi connectivity index (χ0n) is 10.7. The number of hydrogen-bond donors (Lipinski definition) is 1. The second kappa shape index (κ2) is 4.02. The summed E-state index contributed by atoms with van der Waals surface area (Å²) < 4.78 is 5.61. The van der Waals surface area contributed by atoms with Crippen molar-refractivity contribution in [2.24, 2.45) is 0 Å². The lowest BCUT2D eigenvalue weighted by Crippen LogP contribution is -2.38. The molecule has 4 nitrogen and oxygen atoms in total. The second-order valence-corrected chi connectivity index (χ2v) is 5.84. The molecule has 1 aliphatic heterocycles. The number of nitrogens with zero attached hydrogens (tertiary/aromatic N) is 2. The van der Waals surface area contributed by atoms with Gasteiger partial charge in [-0.3, -0.25) is 0 Å². The van der Waals surface area contributed by atoms with Crippen LogP contribution in [0.2, 0.25) is 0 Å². The lowest BCUT2D eigenvalue weighted by Gasteiger charge is -2.29. The van der Waals surface area contributed by atoms with Crippen molar-refractivity contribution in [2.75, 3.05) is 11.4 Å². The Morgan fingerprint density at radius 3 is 3.00 bits per heavy atom. The molecule has 1 aromatic heterocycles. The number of hydrogen-bond acceptors (Lipinski definition) is 4. The predicted octanol–water partition coefficient (Wildman–Crippen LogP) is 2.31. The predicted molar refractivity (Wildman–Crippen MR) is 67.0 cm³/mol. The summed E-state index contributed by atoms with van der Waals surface area (Å²) in [4.78, 5) is 6.87. The van der Waals surface area contributed by atoms with Gasteiger partial charge in [0.05, 0.1) is 5.69 Å². The average molecular weight is 235 g/mol. The average Bonchev–Trinajstić information content (AvgIpc) is 2.88. The molecule has 3 rings (SSSR count). The Hall–Kier alpha value is -1.03. The van der Waals surface area contributed by atoms with Crippen molar-refractivity contribution in [1.29, 1.82) is 0 Å². The molecule has 0 bridgehead atoms. The molecule has 1 saturated heterocycles. The van der Waals surface area contributed by atoms with Gasteiger partial charge in [-0.2, -0.15) is 4.98 Å². The van der Waals surface area contributed by atoms with E-state index in [1.54, 1.807) is 6.26 Å². The van der Waals surface area contributed by atoms with E-state index >= 15 is 0 Å². The molecular weight excluding hydrogens is 214 g/mol. The van der Waals surface area contributed by atoms with Crippen molar-refractivity contribution < 1.29 is 4.42 Å². The molecule has 0 spiro atoms. The van der Waals surface area contributed by atoms with E-state index in [2.05, 4.69) is 29.0 Å². The van der Waals surface area contributed by atoms with Gasteiger partial charge in [-0.1, -0.05) is 0 Å². The first-order valence-electron chi connectivity index (χ1n) is 6.60. The van der Waals surface area contributed by atoms with Crippen LogP contribution in [0.5, 0.6) is 0 Å². The molecule has 17 heavy (non-hydrogen) atoms. The summed E-state index contributed by atoms with van der Waals surface area (Å²) in [5, 5.41) is 3.46. The van der Waals surface area contributed by atoms with Gasteiger partial charge in [-0.15, -0.1) is 0 Å². The third kappa shape index (κ3) is 2.32. The standard InChI is InChI=1S/C13H21N3O/c1-13(2)6-3-7-16(13)12-15-11(9-17-12)8-14-10-4-5-10/h9-10,14H,3-8H2,1-2H3. The van der Waals surface area contributed by atoms with Crippen LogP contribution in [0.15, 0.2) is 10.7 Å². The first-order chi connectivity index (χ1) is 8.15. The largest absolute Gasteiger partial charge is 0.432 e. The summed E-state index contributed by atoms with van der Waals surface area (Å²) in [5.74, 6) is 0. The Labute approximate surface area is 102 Å². The van der Waals surface area contributed by atoms with Gasteiger partial charge in [-0.25, -0.2) is 0 Å². The summed E-state index contributed by atoms with van der Waals surface area (Å²) in [6, 6.07) is 1.51. The molecule has 1 aliphatic carbocycles. The highest BCUT2D eigenvalue weighted by molar-refractivity contribution is 5.34. The van der Waals surface area contributed by atoms with Crippen LogP contribution in [0, 0.1) is 0 Å². The van der Waals surface area contributed by atoms with Crippen LogP contribution >= 0.6 is 0 Å². The zero-order valence-corrected chi connectivity index (χ0v) is 10.7. The molecule has 2 fully saturated rings. The third-order valence-electron chi connectivity index (χ3n) is 3.82. The topological polar surface area (TPSA) is 41.3 Å². The van der Waals surface area contributed by atoms with Crippen molar-refractivity contribution in [2.45, 2.75) is 57.7 Å². The van der Waals surface area contributed by atoms with E-state index in [1.165, 1.54) is 25.7 Å². The number of aromatic nitrogens is 1. The third-order valence-corrected chi connectivity index (χ3v) is 3.82. The Kier molecular flexibility index (Phi) is 2.62. The quantitative estimate of drug-likeness (QED) is 0.869. The summed E-state index contributed by atoms with van der Waals surface area (Å²) in [6.45, 7) is 6.41. The molecular formula is C13H21N3O. The Balaban J connectivity index is 1.66. The fourth-order valence-corrected chi connectivity index (χ4v) is 2.50. The lowest BCUT2D eigenvalue weighted by atomic mass is 10.0. The number of anilines is 1. The molecule has 0 radical (unpaired) electrons. The minimum absolute atomic E-state index is 0.187. The SMILES string of the molecule is CC1(C)CCCN1c1nc(CNC2CC2)co1. The summed E-state index contributed by atoms with van der Waals surface area (Å²) in [7, 11) is 0. The molecule has 0 atom stereocenters. The fourth-order valence-electron chi connectivity index (χ4n) is 2.50. The van der Waals surface area contributed by atoms with E-state index in [0.717, 1.165) is 30.8 Å². The molecule has 2 heterocycles. The van der Waals surface area contributed by atoms with E-state index in [9.17, 15) is 0 Å². The zero-order chi connectivity index (χ0) is 11.9. The molecule has 4 heteroatoms. The normalized spacial score (nSPS) is 23.3. The second-order valence-electron chi connectivity index (χ2n) is 5.84. The van der Waals surface area contributed by atoms with Gasteiger partial charge in [0.15, 0.2) is 0 Å². The molecule has 1 aromatic rings. The molecule has 2 aliphatic rings. The van der Waals surface area contributed by atoms with Crippen LogP contribution < -0.4 is 10.2 Å². The molecule has 1 saturated carbocycles. The summed E-state index contributed by atoms with van der Waals surface area (Å²) in [6.07, 6.45) is 6.85. The summed E-state index contributed by atoms with van der Waals surface area (Å²) >= 11 is 0. The van der Waals surface area contributed by atoms with Crippen molar-refractivity contribution in [1.82, 2.24) is 10.3 Å². The van der Waals surface area contributed by atoms with E-state index in [4.69, 9.17) is 4.42 Å². The van der Waals surface area contributed by atoms with Crippen LogP contribution in [0.3, 0.4) is 0 Å². The smallest absolute Gasteiger partial charge is 0.297 e. The molecule has 0 amide bonds. The Morgan fingerprint density at radius 2 is 2.35 bits per heavy atom. The van der Waals surface area contributed by atoms with Gasteiger partial charge >= 0.3 is 0 Å². The number of rotatable bonds is 4. The monoisotopic (exact) mass is 235 g/mol. The maximum absolute atomic E-state index is 5.61. The minimum atomic E-state index is 0.187. The molecule has 94 valence electrons. The minimum Gasteiger partial charge on any atom is -0.432 e. The van der Waals surface area contributed by atoms with Crippen LogP contribution in [0.25, 0.3) is 0 Å². The van der Waals surface area contributed by atoms with Gasteiger partial charge in [0.2, 0.25) is 0 Å². The van der Waals surface area contributed by atoms with E-state index in [-0.39, 0.29) is 5.54 Å². The van der Waals surface area contributed by atoms with E-state index in [1.807, 2.05) is 0 Å². The highest BCUT2D eigenvalue weighted by atomic mass is 16.4. The van der Waals surface area contributed by atoms with Gasteiger partial charge < -0.3 is 14.6 Å². The van der Waals surface area contributed by atoms with Crippen molar-refractivity contribution >= 4 is 6.01 Å². The Bertz CT molecular complexity index is 395. The summed E-state index contributed by atoms with van der Waals surface area (Å²) in [5.41, 5.74) is 1.21. The number of oxazole rings is 1. The molecule has 1 N–H and O–H groups in total. The van der Waals surface area contributed by atoms with Crippen LogP contribution in [-0.2, 0) is 6.54 Å². The molecule has 0 unspecified atom stereocenters. The number of nitrogens with one attached hydrogen (secondary N) is 1. The van der Waals surface area contributed by atoms with E-state index in [0.29, 0.717) is 0 Å². The highest BCUT2D eigenvalue weighted by Gasteiger charge is 2.34. The van der Waals surface area contributed by atoms with E-state index < -0.39 is 0 Å².